The number of fused-ring (bicyclic) bond motifs is 14. The standard InChI is InChI=1S/C26H13N3O2/c1-2-4-19-15(3-1)23-20(30-19)7-8-21-24(23)16-5-6-18-22(25(16)31-21)14-9-10-27-13-17(14)26-28-11-12-29(18)26/h1-13H. The molecule has 31 heavy (non-hydrogen) atoms. The SMILES string of the molecule is c1ccc2c(c1)oc1ccc3oc4c(ccc5c4c4ccncc4c4nccn54)c3c12. The molecule has 8 aromatic rings. The Hall–Kier alpha value is -4.38. The third-order valence-electron chi connectivity index (χ3n) is 6.35. The first-order valence-electron chi connectivity index (χ1n) is 10.2. The third kappa shape index (κ3) is 1.78. The van der Waals surface area contributed by atoms with Gasteiger partial charge in [0.1, 0.15) is 28.0 Å². The van der Waals surface area contributed by atoms with Crippen LogP contribution in [0.15, 0.2) is 88.2 Å². The summed E-state index contributed by atoms with van der Waals surface area (Å²) in [6.07, 6.45) is 7.51. The summed E-state index contributed by atoms with van der Waals surface area (Å²) < 4.78 is 14.8. The molecule has 0 N–H and O–H groups in total. The van der Waals surface area contributed by atoms with Gasteiger partial charge >= 0.3 is 0 Å². The second-order valence-electron chi connectivity index (χ2n) is 7.89. The molecule has 0 fully saturated rings. The lowest BCUT2D eigenvalue weighted by Crippen LogP contribution is -1.91. The molecule has 0 radical (unpaired) electrons. The summed E-state index contributed by atoms with van der Waals surface area (Å²) >= 11 is 0. The van der Waals surface area contributed by atoms with Gasteiger partial charge in [0.25, 0.3) is 0 Å². The lowest BCUT2D eigenvalue weighted by Gasteiger charge is -2.08. The Labute approximate surface area is 174 Å². The van der Waals surface area contributed by atoms with Crippen molar-refractivity contribution in [2.45, 2.75) is 0 Å². The predicted molar refractivity (Wildman–Crippen MR) is 123 cm³/mol. The van der Waals surface area contributed by atoms with Crippen molar-refractivity contribution in [1.82, 2.24) is 14.4 Å². The zero-order chi connectivity index (χ0) is 20.1. The molecule has 0 atom stereocenters. The van der Waals surface area contributed by atoms with E-state index in [4.69, 9.17) is 8.83 Å². The zero-order valence-electron chi connectivity index (χ0n) is 16.2. The summed E-state index contributed by atoms with van der Waals surface area (Å²) in [4.78, 5) is 8.91. The van der Waals surface area contributed by atoms with Crippen molar-refractivity contribution in [1.29, 1.82) is 0 Å². The number of rotatable bonds is 0. The Morgan fingerprint density at radius 2 is 1.52 bits per heavy atom. The molecular formula is C26H13N3O2. The molecule has 5 heteroatoms. The summed E-state index contributed by atoms with van der Waals surface area (Å²) in [5, 5.41) is 7.53. The lowest BCUT2D eigenvalue weighted by molar-refractivity contribution is 0.664. The average Bonchev–Trinajstić information content (AvgIpc) is 3.53. The first kappa shape index (κ1) is 15.5. The fourth-order valence-corrected chi connectivity index (χ4v) is 5.08. The Morgan fingerprint density at radius 3 is 2.48 bits per heavy atom. The van der Waals surface area contributed by atoms with Crippen molar-refractivity contribution in [3.05, 3.63) is 79.4 Å². The van der Waals surface area contributed by atoms with Crippen LogP contribution in [0.5, 0.6) is 0 Å². The smallest absolute Gasteiger partial charge is 0.146 e. The van der Waals surface area contributed by atoms with Gasteiger partial charge in [-0.2, -0.15) is 0 Å². The maximum Gasteiger partial charge on any atom is 0.146 e. The van der Waals surface area contributed by atoms with Crippen LogP contribution in [0.1, 0.15) is 0 Å². The van der Waals surface area contributed by atoms with E-state index in [0.29, 0.717) is 0 Å². The topological polar surface area (TPSA) is 56.5 Å². The molecule has 144 valence electrons. The van der Waals surface area contributed by atoms with Crippen LogP contribution in [0.25, 0.3) is 71.2 Å². The van der Waals surface area contributed by atoms with Crippen LogP contribution in [0.3, 0.4) is 0 Å². The van der Waals surface area contributed by atoms with Gasteiger partial charge in [0, 0.05) is 57.1 Å². The molecule has 0 unspecified atom stereocenters. The number of nitrogens with zero attached hydrogens (tertiary/aromatic N) is 3. The van der Waals surface area contributed by atoms with Crippen molar-refractivity contribution in [3.63, 3.8) is 0 Å². The molecule has 0 saturated carbocycles. The van der Waals surface area contributed by atoms with Gasteiger partial charge in [0.2, 0.25) is 0 Å². The van der Waals surface area contributed by atoms with E-state index in [1.54, 1.807) is 0 Å². The number of imidazole rings is 1. The fraction of sp³-hybridized carbons (Fsp3) is 0. The van der Waals surface area contributed by atoms with E-state index in [0.717, 1.165) is 71.2 Å². The van der Waals surface area contributed by atoms with Gasteiger partial charge in [-0.15, -0.1) is 0 Å². The molecule has 0 saturated heterocycles. The van der Waals surface area contributed by atoms with Gasteiger partial charge in [-0.25, -0.2) is 4.98 Å². The van der Waals surface area contributed by atoms with Crippen LogP contribution in [0, 0.1) is 0 Å². The maximum absolute atomic E-state index is 6.53. The first-order chi connectivity index (χ1) is 15.4. The molecule has 0 spiro atoms. The van der Waals surface area contributed by atoms with Crippen LogP contribution in [-0.4, -0.2) is 14.4 Å². The Bertz CT molecular complexity index is 2010. The minimum absolute atomic E-state index is 0.856. The summed E-state index contributed by atoms with van der Waals surface area (Å²) in [6.45, 7) is 0. The van der Waals surface area contributed by atoms with Crippen molar-refractivity contribution in [3.8, 4) is 0 Å². The van der Waals surface area contributed by atoms with Gasteiger partial charge < -0.3 is 8.83 Å². The Morgan fingerprint density at radius 1 is 0.645 bits per heavy atom. The van der Waals surface area contributed by atoms with Gasteiger partial charge in [-0.05, 0) is 36.4 Å². The third-order valence-corrected chi connectivity index (χ3v) is 6.35. The van der Waals surface area contributed by atoms with E-state index in [1.807, 2.05) is 61.2 Å². The number of pyridine rings is 2. The molecule has 5 nitrogen and oxygen atoms in total. The number of aromatic nitrogens is 3. The van der Waals surface area contributed by atoms with Gasteiger partial charge in [0.05, 0.1) is 10.9 Å². The van der Waals surface area contributed by atoms with Crippen molar-refractivity contribution in [2.24, 2.45) is 0 Å². The molecular weight excluding hydrogens is 386 g/mol. The highest BCUT2D eigenvalue weighted by Crippen LogP contribution is 2.43. The molecule has 8 rings (SSSR count). The largest absolute Gasteiger partial charge is 0.456 e. The fourth-order valence-electron chi connectivity index (χ4n) is 5.08. The highest BCUT2D eigenvalue weighted by molar-refractivity contribution is 6.30. The molecule has 5 heterocycles. The van der Waals surface area contributed by atoms with E-state index in [9.17, 15) is 0 Å². The predicted octanol–water partition coefficient (Wildman–Crippen LogP) is 6.83. The number of hydrogen-bond acceptors (Lipinski definition) is 4. The average molecular weight is 399 g/mol. The molecule has 0 bridgehead atoms. The second kappa shape index (κ2) is 5.21. The first-order valence-corrected chi connectivity index (χ1v) is 10.2. The summed E-state index contributed by atoms with van der Waals surface area (Å²) in [7, 11) is 0. The minimum Gasteiger partial charge on any atom is -0.456 e. The van der Waals surface area contributed by atoms with E-state index in [-0.39, 0.29) is 0 Å². The summed E-state index contributed by atoms with van der Waals surface area (Å²) in [5.74, 6) is 0. The Balaban J connectivity index is 1.70. The van der Waals surface area contributed by atoms with E-state index >= 15 is 0 Å². The molecule has 0 amide bonds. The van der Waals surface area contributed by atoms with Crippen molar-refractivity contribution in [2.75, 3.05) is 0 Å². The van der Waals surface area contributed by atoms with Crippen molar-refractivity contribution < 1.29 is 8.83 Å². The molecule has 0 aliphatic rings. The quantitative estimate of drug-likeness (QED) is 0.262. The monoisotopic (exact) mass is 399 g/mol. The number of furan rings is 2. The molecule has 0 aliphatic heterocycles. The zero-order valence-corrected chi connectivity index (χ0v) is 16.2. The minimum atomic E-state index is 0.856. The van der Waals surface area contributed by atoms with Crippen LogP contribution in [0.4, 0.5) is 0 Å². The van der Waals surface area contributed by atoms with Crippen LogP contribution in [0.2, 0.25) is 0 Å². The second-order valence-corrected chi connectivity index (χ2v) is 7.89. The number of hydrogen-bond donors (Lipinski definition) is 0. The highest BCUT2D eigenvalue weighted by atomic mass is 16.3. The van der Waals surface area contributed by atoms with Gasteiger partial charge in [-0.1, -0.05) is 18.2 Å². The lowest BCUT2D eigenvalue weighted by atomic mass is 10.0. The Kier molecular flexibility index (Phi) is 2.60. The molecule has 5 aromatic heterocycles. The van der Waals surface area contributed by atoms with Crippen LogP contribution in [-0.2, 0) is 0 Å². The normalized spacial score (nSPS) is 12.5. The van der Waals surface area contributed by atoms with Crippen LogP contribution < -0.4 is 0 Å². The van der Waals surface area contributed by atoms with Gasteiger partial charge in [0.15, 0.2) is 0 Å². The molecule has 0 aliphatic carbocycles. The summed E-state index contributed by atoms with van der Waals surface area (Å²) in [5.41, 5.74) is 5.44. The molecule has 3 aromatic carbocycles. The van der Waals surface area contributed by atoms with E-state index < -0.39 is 0 Å². The van der Waals surface area contributed by atoms with Gasteiger partial charge in [-0.3, -0.25) is 9.38 Å². The maximum atomic E-state index is 6.53. The van der Waals surface area contributed by atoms with E-state index in [2.05, 4.69) is 32.6 Å². The summed E-state index contributed by atoms with van der Waals surface area (Å²) in [6, 6.07) is 18.5. The number of para-hydroxylation sites is 1. The van der Waals surface area contributed by atoms with E-state index in [1.165, 1.54) is 0 Å². The van der Waals surface area contributed by atoms with Crippen LogP contribution >= 0.6 is 0 Å². The number of benzene rings is 3. The highest BCUT2D eigenvalue weighted by Gasteiger charge is 2.20. The van der Waals surface area contributed by atoms with Crippen molar-refractivity contribution >= 4 is 71.2 Å².